The Balaban J connectivity index is 0.000000204. The van der Waals surface area contributed by atoms with Crippen LogP contribution in [0, 0.1) is 12.7 Å². The first-order valence-electron chi connectivity index (χ1n) is 21.4. The Morgan fingerprint density at radius 1 is 0.484 bits per heavy atom. The van der Waals surface area contributed by atoms with Gasteiger partial charge in [0.25, 0.3) is 0 Å². The van der Waals surface area contributed by atoms with Gasteiger partial charge >= 0.3 is 0 Å². The van der Waals surface area contributed by atoms with Gasteiger partial charge in [0.15, 0.2) is 11.6 Å². The van der Waals surface area contributed by atoms with E-state index in [1.807, 2.05) is 61.5 Å². The van der Waals surface area contributed by atoms with Crippen molar-refractivity contribution in [1.29, 1.82) is 0 Å². The van der Waals surface area contributed by atoms with Crippen molar-refractivity contribution in [3.05, 3.63) is 175 Å². The van der Waals surface area contributed by atoms with Gasteiger partial charge in [-0.25, -0.2) is 19.9 Å². The number of benzene rings is 6. The maximum atomic E-state index is 6.36. The fourth-order valence-corrected chi connectivity index (χ4v) is 7.96. The fourth-order valence-electron chi connectivity index (χ4n) is 7.96. The molecule has 331 valence electrons. The van der Waals surface area contributed by atoms with E-state index in [1.54, 1.807) is 0 Å². The molecule has 0 aliphatic carbocycles. The summed E-state index contributed by atoms with van der Waals surface area (Å²) in [4.78, 5) is 28.6. The number of hydrogen-bond donors (Lipinski definition) is 0. The molecule has 2 aliphatic heterocycles. The van der Waals surface area contributed by atoms with E-state index in [0.29, 0.717) is 6.61 Å². The molecule has 10 heteroatoms. The summed E-state index contributed by atoms with van der Waals surface area (Å²) in [6.07, 6.45) is 3.55. The Hall–Kier alpha value is -6.19. The van der Waals surface area contributed by atoms with Gasteiger partial charge in [0.1, 0.15) is 11.6 Å². The Bertz CT molecular complexity index is 2650. The molecule has 0 fully saturated rings. The van der Waals surface area contributed by atoms with Crippen LogP contribution in [-0.2, 0) is 50.5 Å². The molecule has 0 spiro atoms. The van der Waals surface area contributed by atoms with Crippen LogP contribution >= 0.6 is 0 Å². The molecule has 64 heavy (non-hydrogen) atoms. The van der Waals surface area contributed by atoms with Crippen LogP contribution in [-0.4, -0.2) is 32.9 Å². The molecule has 0 N–H and O–H groups in total. The standard InChI is InChI=1S/C27H28N4O.C25H22N4.2CH4.Ir/c1-4-19-11-9-13-21(17-19)30-25-26(29-24-16-8-7-15-23(24)28-25)31(27(30)32-6-3)22-14-10-12-20(5-2)18-22;1-3-18-9-7-11-20(15-18)28-17-29(21-12-8-10-19(4-2)16-21)25-24(28)26-22-13-5-6-14-23(22)27-25;;;/h7-18,27H,4-6H2,1-3H3;5-11,13-17H,3-4H2,1-2H3;2*1H4;/q;-2;;;. The third-order valence-electron chi connectivity index (χ3n) is 11.3. The first kappa shape index (κ1) is 47.3. The van der Waals surface area contributed by atoms with Gasteiger partial charge in [0.05, 0.1) is 22.1 Å². The first-order chi connectivity index (χ1) is 30.0. The normalized spacial score (nSPS) is 12.8. The number of ether oxygens (including phenoxy) is 1. The van der Waals surface area contributed by atoms with Crippen molar-refractivity contribution in [1.82, 2.24) is 19.9 Å². The minimum atomic E-state index is -0.369. The average molecular weight is 1030 g/mol. The molecular weight excluding hydrogens is 969 g/mol. The van der Waals surface area contributed by atoms with E-state index in [0.717, 1.165) is 93.8 Å². The van der Waals surface area contributed by atoms with E-state index >= 15 is 0 Å². The summed E-state index contributed by atoms with van der Waals surface area (Å²) in [7, 11) is 0. The SMILES string of the molecule is C.C.CCOC1N(c2cccc(CC)c2)c2nc3ccccc3nc2N1c1cccc(CC)c1.CCc1cc[c-]c(N2[CH-]N(c3cccc(CC)c3)c3nc4ccccc4nc32)c1.[Ir]. The maximum Gasteiger partial charge on any atom is 0.221 e. The zero-order chi connectivity index (χ0) is 41.9. The van der Waals surface area contributed by atoms with Crippen molar-refractivity contribution in [2.75, 3.05) is 26.2 Å². The number of aromatic nitrogens is 4. The molecule has 10 rings (SSSR count). The second-order valence-electron chi connectivity index (χ2n) is 15.1. The summed E-state index contributed by atoms with van der Waals surface area (Å²) in [6, 6.07) is 51.5. The largest absolute Gasteiger partial charge is 0.477 e. The zero-order valence-electron chi connectivity index (χ0n) is 35.8. The molecular formula is C54H58IrN8O-2. The van der Waals surface area contributed by atoms with Crippen LogP contribution < -0.4 is 19.6 Å². The summed E-state index contributed by atoms with van der Waals surface area (Å²) in [5.74, 6) is 3.30. The van der Waals surface area contributed by atoms with Gasteiger partial charge in [0.2, 0.25) is 6.35 Å². The number of anilines is 8. The molecule has 0 bridgehead atoms. The van der Waals surface area contributed by atoms with Crippen LogP contribution in [0.5, 0.6) is 0 Å². The van der Waals surface area contributed by atoms with Gasteiger partial charge in [-0.05, 0) is 104 Å². The second-order valence-corrected chi connectivity index (χ2v) is 15.1. The summed E-state index contributed by atoms with van der Waals surface area (Å²) in [5.41, 5.74) is 12.8. The molecule has 0 saturated heterocycles. The van der Waals surface area contributed by atoms with Crippen molar-refractivity contribution in [3.8, 4) is 0 Å². The molecule has 4 heterocycles. The predicted octanol–water partition coefficient (Wildman–Crippen LogP) is 13.6. The Kier molecular flexibility index (Phi) is 15.5. The Morgan fingerprint density at radius 2 is 0.891 bits per heavy atom. The fraction of sp³-hybridized carbons (Fsp3) is 0.241. The van der Waals surface area contributed by atoms with Crippen molar-refractivity contribution in [2.45, 2.75) is 81.5 Å². The molecule has 0 amide bonds. The monoisotopic (exact) mass is 1030 g/mol. The Labute approximate surface area is 393 Å². The van der Waals surface area contributed by atoms with Crippen LogP contribution in [0.25, 0.3) is 22.1 Å². The smallest absolute Gasteiger partial charge is 0.221 e. The number of fused-ring (bicyclic) bond motifs is 4. The van der Waals surface area contributed by atoms with Gasteiger partial charge in [-0.2, -0.15) is 23.8 Å². The summed E-state index contributed by atoms with van der Waals surface area (Å²) in [6.45, 7) is 13.4. The number of para-hydroxylation sites is 4. The number of rotatable bonds is 10. The minimum absolute atomic E-state index is 0. The molecule has 0 saturated carbocycles. The molecule has 1 radical (unpaired) electrons. The van der Waals surface area contributed by atoms with E-state index in [1.165, 1.54) is 22.3 Å². The van der Waals surface area contributed by atoms with Crippen LogP contribution in [0.2, 0.25) is 0 Å². The molecule has 8 aromatic rings. The van der Waals surface area contributed by atoms with Crippen molar-refractivity contribution in [3.63, 3.8) is 0 Å². The molecule has 6 aromatic carbocycles. The van der Waals surface area contributed by atoms with Crippen LogP contribution in [0.15, 0.2) is 140 Å². The van der Waals surface area contributed by atoms with Crippen molar-refractivity contribution >= 4 is 68.1 Å². The van der Waals surface area contributed by atoms with E-state index in [9.17, 15) is 0 Å². The van der Waals surface area contributed by atoms with Crippen LogP contribution in [0.4, 0.5) is 46.0 Å². The third kappa shape index (κ3) is 9.23. The zero-order valence-corrected chi connectivity index (χ0v) is 38.2. The molecule has 9 nitrogen and oxygen atoms in total. The number of hydrogen-bond acceptors (Lipinski definition) is 9. The molecule has 2 aliphatic rings. The summed E-state index contributed by atoms with van der Waals surface area (Å²) < 4.78 is 6.36. The van der Waals surface area contributed by atoms with Crippen LogP contribution in [0.3, 0.4) is 0 Å². The van der Waals surface area contributed by atoms with E-state index in [-0.39, 0.29) is 41.3 Å². The maximum absolute atomic E-state index is 6.36. The van der Waals surface area contributed by atoms with Crippen molar-refractivity contribution in [2.24, 2.45) is 0 Å². The van der Waals surface area contributed by atoms with Crippen LogP contribution in [0.1, 0.15) is 71.7 Å². The van der Waals surface area contributed by atoms with Crippen molar-refractivity contribution < 1.29 is 24.8 Å². The molecule has 0 unspecified atom stereocenters. The predicted molar refractivity (Wildman–Crippen MR) is 263 cm³/mol. The Morgan fingerprint density at radius 3 is 1.34 bits per heavy atom. The molecule has 0 atom stereocenters. The van der Waals surface area contributed by atoms with Gasteiger partial charge < -0.3 is 14.5 Å². The topological polar surface area (TPSA) is 73.8 Å². The second kappa shape index (κ2) is 21.0. The van der Waals surface area contributed by atoms with Gasteiger partial charge in [-0.3, -0.25) is 9.80 Å². The number of nitrogens with zero attached hydrogens (tertiary/aromatic N) is 8. The third-order valence-corrected chi connectivity index (χ3v) is 11.3. The summed E-state index contributed by atoms with van der Waals surface area (Å²) >= 11 is 0. The van der Waals surface area contributed by atoms with Gasteiger partial charge in [-0.1, -0.05) is 110 Å². The minimum Gasteiger partial charge on any atom is -0.477 e. The van der Waals surface area contributed by atoms with E-state index in [4.69, 9.17) is 24.7 Å². The quantitative estimate of drug-likeness (QED) is 0.125. The van der Waals surface area contributed by atoms with E-state index in [2.05, 4.69) is 145 Å². The van der Waals surface area contributed by atoms with Gasteiger partial charge in [-0.15, -0.1) is 18.4 Å². The van der Waals surface area contributed by atoms with Gasteiger partial charge in [0, 0.05) is 43.8 Å². The van der Waals surface area contributed by atoms with E-state index < -0.39 is 0 Å². The average Bonchev–Trinajstić information content (AvgIpc) is 3.85. The summed E-state index contributed by atoms with van der Waals surface area (Å²) in [5, 5.41) is 0. The number of aryl methyl sites for hydroxylation is 4. The first-order valence-corrected chi connectivity index (χ1v) is 21.4. The molecule has 2 aromatic heterocycles.